The molecular formula is C124H214BF12NP2. The van der Waals surface area contributed by atoms with E-state index in [1.165, 1.54) is 539 Å². The van der Waals surface area contributed by atoms with Crippen LogP contribution in [-0.4, -0.2) is 43.1 Å². The van der Waals surface area contributed by atoms with Crippen LogP contribution in [0.1, 0.15) is 603 Å². The zero-order chi connectivity index (χ0) is 102. The Bertz CT molecular complexity index is 3010. The highest BCUT2D eigenvalue weighted by atomic mass is 31.2. The summed E-state index contributed by atoms with van der Waals surface area (Å²) in [6, 6.07) is 13.6. The van der Waals surface area contributed by atoms with Gasteiger partial charge >= 0.3 is 24.7 Å². The van der Waals surface area contributed by atoms with Crippen molar-refractivity contribution < 1.29 is 52.7 Å². The third kappa shape index (κ3) is 64.8. The van der Waals surface area contributed by atoms with E-state index in [4.69, 9.17) is 4.17 Å². The van der Waals surface area contributed by atoms with E-state index in [0.717, 1.165) is 48.5 Å². The van der Waals surface area contributed by atoms with Gasteiger partial charge in [0.2, 0.25) is 14.1 Å². The molecule has 1 nitrogen and oxygen atoms in total. The zero-order valence-corrected chi connectivity index (χ0v) is 93.1. The van der Waals surface area contributed by atoms with Crippen LogP contribution in [-0.2, 0) is 24.7 Å². The maximum atomic E-state index is 13.3. The molecule has 0 spiro atoms. The first-order valence-corrected chi connectivity index (χ1v) is 64.8. The minimum Gasteiger partial charge on any atom is -0.195 e. The van der Waals surface area contributed by atoms with Crippen molar-refractivity contribution in [2.45, 2.75) is 606 Å². The van der Waals surface area contributed by atoms with Crippen LogP contribution in [0, 0.1) is 0 Å². The van der Waals surface area contributed by atoms with Gasteiger partial charge in [-0.3, -0.25) is 0 Å². The van der Waals surface area contributed by atoms with E-state index in [-0.39, 0.29) is 21.9 Å². The van der Waals surface area contributed by atoms with Gasteiger partial charge < -0.3 is 0 Å². The molecule has 0 heterocycles. The van der Waals surface area contributed by atoms with Crippen molar-refractivity contribution in [2.24, 2.45) is 0 Å². The molecular weight excluding hydrogens is 1800 g/mol. The number of benzene rings is 4. The molecule has 0 unspecified atom stereocenters. The lowest BCUT2D eigenvalue weighted by Crippen LogP contribution is -2.74. The molecule has 0 amide bonds. The minimum atomic E-state index is -4.77. The molecule has 0 fully saturated rings. The van der Waals surface area contributed by atoms with E-state index >= 15 is 0 Å². The van der Waals surface area contributed by atoms with Gasteiger partial charge in [0.15, 0.2) is 0 Å². The summed E-state index contributed by atoms with van der Waals surface area (Å²) < 4.78 is 167. The number of unbranched alkanes of at least 4 members (excludes halogenated alkanes) is 78. The van der Waals surface area contributed by atoms with Gasteiger partial charge in [-0.1, -0.05) is 639 Å². The predicted molar refractivity (Wildman–Crippen MR) is 597 cm³/mol. The van der Waals surface area contributed by atoms with Crippen molar-refractivity contribution in [2.75, 3.05) is 37.0 Å². The monoisotopic (exact) mass is 2020 g/mol. The summed E-state index contributed by atoms with van der Waals surface area (Å²) in [6.07, 6.45) is 111. The number of nitrogens with zero attached hydrogens (tertiary/aromatic N) is 1. The van der Waals surface area contributed by atoms with Crippen molar-refractivity contribution in [1.82, 2.24) is 4.17 Å². The molecule has 0 aromatic heterocycles. The quantitative estimate of drug-likeness (QED) is 0.0138. The largest absolute Gasteiger partial charge is 0.416 e. The molecule has 140 heavy (non-hydrogen) atoms. The minimum absolute atomic E-state index is 0.0114. The highest BCUT2D eigenvalue weighted by molar-refractivity contribution is 7.73. The first-order chi connectivity index (χ1) is 67.9. The lowest BCUT2D eigenvalue weighted by atomic mass is 9.13. The van der Waals surface area contributed by atoms with Crippen molar-refractivity contribution in [3.63, 3.8) is 0 Å². The lowest BCUT2D eigenvalue weighted by molar-refractivity contribution is -0.138. The van der Waals surface area contributed by atoms with Crippen LogP contribution >= 0.6 is 14.1 Å². The highest BCUT2D eigenvalue weighted by Gasteiger charge is 2.40. The van der Waals surface area contributed by atoms with Crippen LogP contribution < -0.4 is 26.0 Å². The molecule has 0 N–H and O–H groups in total. The van der Waals surface area contributed by atoms with Gasteiger partial charge in [-0.05, 0) is 38.5 Å². The fraction of sp³-hybridized carbons (Fsp3) is 0.806. The topological polar surface area (TPSA) is 14.1 Å². The molecule has 4 aromatic rings. The Morgan fingerprint density at radius 3 is 0.336 bits per heavy atom. The molecule has 0 aliphatic carbocycles. The van der Waals surface area contributed by atoms with Gasteiger partial charge in [0.1, 0.15) is 6.15 Å². The van der Waals surface area contributed by atoms with Crippen LogP contribution in [0.4, 0.5) is 52.7 Å². The highest BCUT2D eigenvalue weighted by Crippen LogP contribution is 2.57. The predicted octanol–water partition coefficient (Wildman–Crippen LogP) is 44.5. The van der Waals surface area contributed by atoms with Gasteiger partial charge in [-0.15, -0.1) is 0 Å². The molecule has 4 aromatic carbocycles. The summed E-state index contributed by atoms with van der Waals surface area (Å²) in [5, 5.41) is 0. The van der Waals surface area contributed by atoms with E-state index in [0.29, 0.717) is 48.5 Å². The molecule has 812 valence electrons. The molecule has 4 rings (SSSR count). The fourth-order valence-electron chi connectivity index (χ4n) is 21.9. The Morgan fingerprint density at radius 1 is 0.150 bits per heavy atom. The maximum Gasteiger partial charge on any atom is 0.416 e. The lowest BCUT2D eigenvalue weighted by Gasteiger charge is -2.44. The fourth-order valence-corrected chi connectivity index (χ4v) is 33.5. The van der Waals surface area contributed by atoms with E-state index in [1.54, 1.807) is 37.0 Å². The number of hydrogen-bond acceptors (Lipinski definition) is 0. The molecule has 0 radical (unpaired) electrons. The average molecular weight is 2020 g/mol. The Balaban J connectivity index is 0.00000101. The number of rotatable bonds is 94. The Labute approximate surface area is 855 Å². The summed E-state index contributed by atoms with van der Waals surface area (Å²) in [5.74, 6) is 0. The standard InChI is InChI=1S/C96H198NP2.C28H16BF12/c1-7-13-19-25-31-37-43-49-55-61-67-73-79-85-91-98(92-86-80-74-68-62-56-50-44-38-32-26-20-14-8-2,93-87-81-75-69-63-57-51-45-39-33-27-21-15-9-3)97-99(94-88-82-76-70-64-58-52-46-40-34-28-22-16-10-4,95-89-83-77-71-65-59-53-47-41-35-29-23-17-11-5)96-90-84-78-72-66-60-54-48-42-36-30-24-18-12-6;30-25(31,32)17-1-9-21(10-2-17)29(22-11-3-18(4-12-22)26(33,34)35,23-13-5-19(6-14-23)27(36,37)38)24-15-7-20(8-16-24)28(39,40)41/h7-96H2,1-6H3;1-16H/q+1;-1. The van der Waals surface area contributed by atoms with E-state index in [1.807, 2.05) is 0 Å². The summed E-state index contributed by atoms with van der Waals surface area (Å²) in [4.78, 5) is 0. The second-order valence-electron chi connectivity index (χ2n) is 43.5. The van der Waals surface area contributed by atoms with Crippen LogP contribution in [0.2, 0.25) is 0 Å². The van der Waals surface area contributed by atoms with E-state index in [2.05, 4.69) is 41.5 Å². The molecule has 0 bridgehead atoms. The van der Waals surface area contributed by atoms with Crippen LogP contribution in [0.25, 0.3) is 0 Å². The molecule has 0 atom stereocenters. The SMILES string of the molecule is CCCCCCCCCCCCCCCCP(CCCCCCCCCCCCCCCC)(CCCCCCCCCCCCCCCC)=[N+]=P(CCCCCCCCCCCCCCCC)(CCCCCCCCCCCCCCCC)CCCCCCCCCCCCCCCC.FC(F)(F)c1ccc([B-](c2ccc(C(F)(F)F)cc2)(c2ccc(C(F)(F)F)cc2)c2ccc(C(F)(F)F)cc2)cc1. The zero-order valence-electron chi connectivity index (χ0n) is 91.3. The van der Waals surface area contributed by atoms with E-state index in [9.17, 15) is 52.7 Å². The third-order valence-corrected chi connectivity index (χ3v) is 40.8. The number of hydrogen-bond donors (Lipinski definition) is 0. The molecule has 0 saturated heterocycles. The van der Waals surface area contributed by atoms with Crippen molar-refractivity contribution in [3.05, 3.63) is 119 Å². The normalized spacial score (nSPS) is 12.5. The Kier molecular flexibility index (Phi) is 79.9. The van der Waals surface area contributed by atoms with Crippen molar-refractivity contribution >= 4 is 42.1 Å². The van der Waals surface area contributed by atoms with Crippen molar-refractivity contribution in [3.8, 4) is 0 Å². The maximum absolute atomic E-state index is 13.3. The van der Waals surface area contributed by atoms with Gasteiger partial charge in [0, 0.05) is 37.0 Å². The smallest absolute Gasteiger partial charge is 0.195 e. The van der Waals surface area contributed by atoms with Gasteiger partial charge in [-0.2, -0.15) is 78.7 Å². The van der Waals surface area contributed by atoms with Crippen molar-refractivity contribution in [1.29, 1.82) is 0 Å². The molecule has 16 heteroatoms. The van der Waals surface area contributed by atoms with Gasteiger partial charge in [-0.25, -0.2) is 0 Å². The second kappa shape index (κ2) is 85.5. The second-order valence-corrected chi connectivity index (χ2v) is 51.3. The Hall–Kier alpha value is -3.33. The first-order valence-electron chi connectivity index (χ1n) is 60.2. The summed E-state index contributed by atoms with van der Waals surface area (Å²) in [7, 11) is -2.92. The summed E-state index contributed by atoms with van der Waals surface area (Å²) in [6.45, 7) is 14.1. The van der Waals surface area contributed by atoms with Gasteiger partial charge in [0.25, 0.3) is 0 Å². The molecule has 0 aliphatic rings. The van der Waals surface area contributed by atoms with Crippen LogP contribution in [0.5, 0.6) is 0 Å². The van der Waals surface area contributed by atoms with Crippen LogP contribution in [0.3, 0.4) is 0 Å². The molecule has 0 aliphatic heterocycles. The average Bonchev–Trinajstić information content (AvgIpc) is 0.725. The Morgan fingerprint density at radius 2 is 0.243 bits per heavy atom. The van der Waals surface area contributed by atoms with Crippen LogP contribution in [0.15, 0.2) is 97.1 Å². The van der Waals surface area contributed by atoms with Gasteiger partial charge in [0.05, 0.1) is 22.3 Å². The van der Waals surface area contributed by atoms with E-state index < -0.39 is 67.2 Å². The number of alkyl halides is 12. The summed E-state index contributed by atoms with van der Waals surface area (Å²) >= 11 is 0. The molecule has 0 saturated carbocycles. The first kappa shape index (κ1) is 131. The number of halogens is 12. The summed E-state index contributed by atoms with van der Waals surface area (Å²) in [5.41, 5.74) is -4.29. The third-order valence-electron chi connectivity index (χ3n) is 30.9.